The van der Waals surface area contributed by atoms with E-state index in [1.54, 1.807) is 0 Å². The Morgan fingerprint density at radius 1 is 1.00 bits per heavy atom. The average Bonchev–Trinajstić information content (AvgIpc) is 2.04. The summed E-state index contributed by atoms with van der Waals surface area (Å²) < 4.78 is 0. The molecule has 0 saturated carbocycles. The zero-order valence-electron chi connectivity index (χ0n) is 8.00. The number of rotatable bonds is 0. The highest BCUT2D eigenvalue weighted by atomic mass is 15.4. The third-order valence-corrected chi connectivity index (χ3v) is 1.51. The van der Waals surface area contributed by atoms with Crippen LogP contribution in [0.4, 0.5) is 0 Å². The average molecular weight is 169 g/mol. The molecular formula is C7H15N5. The first-order valence-corrected chi connectivity index (χ1v) is 3.82. The van der Waals surface area contributed by atoms with E-state index in [1.165, 1.54) is 0 Å². The van der Waals surface area contributed by atoms with E-state index in [0.29, 0.717) is 6.67 Å². The van der Waals surface area contributed by atoms with Crippen LogP contribution in [0.2, 0.25) is 0 Å². The van der Waals surface area contributed by atoms with Crippen LogP contribution >= 0.6 is 0 Å². The van der Waals surface area contributed by atoms with Gasteiger partial charge < -0.3 is 9.80 Å². The fourth-order valence-corrected chi connectivity index (χ4v) is 0.855. The van der Waals surface area contributed by atoms with Gasteiger partial charge in [-0.1, -0.05) is 0 Å². The minimum absolute atomic E-state index is 0.508. The molecule has 0 amide bonds. The van der Waals surface area contributed by atoms with E-state index >= 15 is 0 Å². The second-order valence-corrected chi connectivity index (χ2v) is 3.02. The van der Waals surface area contributed by atoms with E-state index in [1.807, 2.05) is 38.0 Å². The standard InChI is InChI=1S/C7H15N5/c1-11(2)6-8-5-9-7(10-6)12(3)4/h5H2,1-4H3,(H,8,9,10). The van der Waals surface area contributed by atoms with Crippen molar-refractivity contribution in [3.05, 3.63) is 0 Å². The second-order valence-electron chi connectivity index (χ2n) is 3.02. The lowest BCUT2D eigenvalue weighted by atomic mass is 10.6. The Morgan fingerprint density at radius 2 is 1.42 bits per heavy atom. The van der Waals surface area contributed by atoms with E-state index in [2.05, 4.69) is 15.3 Å². The molecule has 0 aromatic rings. The van der Waals surface area contributed by atoms with E-state index in [-0.39, 0.29) is 0 Å². The first kappa shape index (κ1) is 8.83. The third kappa shape index (κ3) is 1.87. The summed E-state index contributed by atoms with van der Waals surface area (Å²) in [6, 6.07) is 0. The minimum Gasteiger partial charge on any atom is -0.349 e. The van der Waals surface area contributed by atoms with Crippen molar-refractivity contribution < 1.29 is 0 Å². The number of nitrogens with zero attached hydrogens (tertiary/aromatic N) is 4. The SMILES string of the molecule is CN(C)C1=NCN=C(N(C)C)N1. The maximum absolute atomic E-state index is 4.18. The van der Waals surface area contributed by atoms with Crippen molar-refractivity contribution in [3.63, 3.8) is 0 Å². The third-order valence-electron chi connectivity index (χ3n) is 1.51. The Morgan fingerprint density at radius 3 is 1.75 bits per heavy atom. The lowest BCUT2D eigenvalue weighted by Crippen LogP contribution is -2.47. The summed E-state index contributed by atoms with van der Waals surface area (Å²) in [4.78, 5) is 12.2. The summed E-state index contributed by atoms with van der Waals surface area (Å²) in [6.07, 6.45) is 0. The largest absolute Gasteiger partial charge is 0.349 e. The van der Waals surface area contributed by atoms with Gasteiger partial charge in [-0.05, 0) is 0 Å². The van der Waals surface area contributed by atoms with Crippen LogP contribution in [0, 0.1) is 0 Å². The van der Waals surface area contributed by atoms with Crippen molar-refractivity contribution in [2.45, 2.75) is 0 Å². The highest BCUT2D eigenvalue weighted by molar-refractivity contribution is 5.99. The topological polar surface area (TPSA) is 43.2 Å². The molecule has 1 heterocycles. The zero-order chi connectivity index (χ0) is 9.14. The summed E-state index contributed by atoms with van der Waals surface area (Å²) in [5.74, 6) is 1.71. The molecule has 0 fully saturated rings. The van der Waals surface area contributed by atoms with Gasteiger partial charge in [-0.25, -0.2) is 9.98 Å². The van der Waals surface area contributed by atoms with Crippen LogP contribution in [-0.4, -0.2) is 56.6 Å². The summed E-state index contributed by atoms with van der Waals surface area (Å²) in [5.41, 5.74) is 0. The van der Waals surface area contributed by atoms with Crippen LogP contribution in [0.25, 0.3) is 0 Å². The van der Waals surface area contributed by atoms with Gasteiger partial charge in [-0.2, -0.15) is 0 Å². The smallest absolute Gasteiger partial charge is 0.202 e. The molecule has 0 spiro atoms. The molecule has 0 aliphatic carbocycles. The molecule has 1 aliphatic heterocycles. The monoisotopic (exact) mass is 169 g/mol. The quantitative estimate of drug-likeness (QED) is 0.525. The van der Waals surface area contributed by atoms with Gasteiger partial charge in [0.1, 0.15) is 6.67 Å². The lowest BCUT2D eigenvalue weighted by Gasteiger charge is -2.24. The van der Waals surface area contributed by atoms with Crippen LogP contribution < -0.4 is 5.32 Å². The van der Waals surface area contributed by atoms with Crippen molar-refractivity contribution in [2.75, 3.05) is 34.9 Å². The summed E-state index contributed by atoms with van der Waals surface area (Å²) in [7, 11) is 7.80. The van der Waals surface area contributed by atoms with Gasteiger partial charge in [-0.3, -0.25) is 5.32 Å². The molecule has 1 N–H and O–H groups in total. The molecule has 68 valence electrons. The predicted molar refractivity (Wildman–Crippen MR) is 50.2 cm³/mol. The molecule has 0 atom stereocenters. The van der Waals surface area contributed by atoms with Crippen molar-refractivity contribution in [1.82, 2.24) is 15.1 Å². The first-order chi connectivity index (χ1) is 5.61. The fourth-order valence-electron chi connectivity index (χ4n) is 0.855. The number of guanidine groups is 2. The van der Waals surface area contributed by atoms with Gasteiger partial charge in [0, 0.05) is 28.2 Å². The Hall–Kier alpha value is -1.26. The molecule has 5 nitrogen and oxygen atoms in total. The van der Waals surface area contributed by atoms with Crippen molar-refractivity contribution in [1.29, 1.82) is 0 Å². The van der Waals surface area contributed by atoms with E-state index in [0.717, 1.165) is 11.9 Å². The number of hydrogen-bond acceptors (Lipinski definition) is 5. The van der Waals surface area contributed by atoms with E-state index < -0.39 is 0 Å². The van der Waals surface area contributed by atoms with Crippen LogP contribution in [0.5, 0.6) is 0 Å². The number of aliphatic imine (C=N–C) groups is 2. The summed E-state index contributed by atoms with van der Waals surface area (Å²) in [5, 5.41) is 3.10. The lowest BCUT2D eigenvalue weighted by molar-refractivity contribution is 0.558. The molecule has 1 rings (SSSR count). The van der Waals surface area contributed by atoms with Crippen LogP contribution in [-0.2, 0) is 0 Å². The Labute approximate surface area is 72.8 Å². The maximum atomic E-state index is 4.18. The molecule has 0 aromatic heterocycles. The minimum atomic E-state index is 0.508. The van der Waals surface area contributed by atoms with Crippen molar-refractivity contribution in [3.8, 4) is 0 Å². The van der Waals surface area contributed by atoms with Crippen LogP contribution in [0.1, 0.15) is 0 Å². The second kappa shape index (κ2) is 3.42. The van der Waals surface area contributed by atoms with Gasteiger partial charge in [-0.15, -0.1) is 0 Å². The molecule has 0 radical (unpaired) electrons. The summed E-state index contributed by atoms with van der Waals surface area (Å²) in [6.45, 7) is 0.508. The highest BCUT2D eigenvalue weighted by Crippen LogP contribution is 1.92. The molecule has 0 unspecified atom stereocenters. The van der Waals surface area contributed by atoms with Crippen LogP contribution in [0.3, 0.4) is 0 Å². The number of nitrogens with one attached hydrogen (secondary N) is 1. The van der Waals surface area contributed by atoms with E-state index in [9.17, 15) is 0 Å². The first-order valence-electron chi connectivity index (χ1n) is 3.82. The Kier molecular flexibility index (Phi) is 2.52. The predicted octanol–water partition coefficient (Wildman–Crippen LogP) is -0.618. The molecule has 1 aliphatic rings. The van der Waals surface area contributed by atoms with E-state index in [4.69, 9.17) is 0 Å². The molecule has 0 bridgehead atoms. The maximum Gasteiger partial charge on any atom is 0.202 e. The zero-order valence-corrected chi connectivity index (χ0v) is 8.00. The molecule has 5 heteroatoms. The van der Waals surface area contributed by atoms with Crippen molar-refractivity contribution in [2.24, 2.45) is 9.98 Å². The van der Waals surface area contributed by atoms with Crippen molar-refractivity contribution >= 4 is 11.9 Å². The summed E-state index contributed by atoms with van der Waals surface area (Å²) >= 11 is 0. The molecule has 0 saturated heterocycles. The van der Waals surface area contributed by atoms with Gasteiger partial charge in [0.25, 0.3) is 0 Å². The molecule has 12 heavy (non-hydrogen) atoms. The normalized spacial score (nSPS) is 16.0. The Bertz CT molecular complexity index is 194. The van der Waals surface area contributed by atoms with Gasteiger partial charge in [0.2, 0.25) is 11.9 Å². The molecule has 0 aromatic carbocycles. The fraction of sp³-hybridized carbons (Fsp3) is 0.714. The van der Waals surface area contributed by atoms with Crippen LogP contribution in [0.15, 0.2) is 9.98 Å². The highest BCUT2D eigenvalue weighted by Gasteiger charge is 2.10. The van der Waals surface area contributed by atoms with Gasteiger partial charge >= 0.3 is 0 Å². The van der Waals surface area contributed by atoms with Gasteiger partial charge in [0.15, 0.2) is 0 Å². The Balaban J connectivity index is 2.60. The van der Waals surface area contributed by atoms with Gasteiger partial charge in [0.05, 0.1) is 0 Å². The molecular weight excluding hydrogens is 154 g/mol. The number of hydrogen-bond donors (Lipinski definition) is 1.